The second kappa shape index (κ2) is 6.33. The first kappa shape index (κ1) is 14.7. The van der Waals surface area contributed by atoms with Gasteiger partial charge in [-0.3, -0.25) is 0 Å². The fourth-order valence-electron chi connectivity index (χ4n) is 1.81. The second-order valence-corrected chi connectivity index (χ2v) is 3.47. The average Bonchev–Trinajstić information content (AvgIpc) is 2.71. The van der Waals surface area contributed by atoms with Crippen molar-refractivity contribution in [3.63, 3.8) is 0 Å². The van der Waals surface area contributed by atoms with Crippen molar-refractivity contribution in [2.45, 2.75) is 12.5 Å². The summed E-state index contributed by atoms with van der Waals surface area (Å²) in [5.74, 6) is 1.43. The average molecular weight is 254 g/mol. The van der Waals surface area contributed by atoms with Crippen LogP contribution in [-0.2, 0) is 11.8 Å². The van der Waals surface area contributed by atoms with E-state index in [4.69, 9.17) is 10.5 Å². The van der Waals surface area contributed by atoms with Crippen molar-refractivity contribution in [2.24, 2.45) is 18.7 Å². The van der Waals surface area contributed by atoms with Gasteiger partial charge in [0.2, 0.25) is 0 Å². The van der Waals surface area contributed by atoms with E-state index in [1.54, 1.807) is 6.20 Å². The molecule has 1 fully saturated rings. The number of hydrogen-bond donors (Lipinski definition) is 1. The highest BCUT2D eigenvalue weighted by molar-refractivity contribution is 5.85. The first-order valence-electron chi connectivity index (χ1n) is 4.62. The maximum atomic E-state index is 5.66. The summed E-state index contributed by atoms with van der Waals surface area (Å²) in [6.45, 7) is 1.48. The lowest BCUT2D eigenvalue weighted by atomic mass is 10.0. The third kappa shape index (κ3) is 2.84. The van der Waals surface area contributed by atoms with Crippen molar-refractivity contribution >= 4 is 24.8 Å². The number of aromatic nitrogens is 2. The van der Waals surface area contributed by atoms with Crippen molar-refractivity contribution in [1.82, 2.24) is 9.55 Å². The number of hydrogen-bond acceptors (Lipinski definition) is 3. The lowest BCUT2D eigenvalue weighted by molar-refractivity contribution is 0.0831. The third-order valence-electron chi connectivity index (χ3n) is 2.63. The number of rotatable bonds is 2. The van der Waals surface area contributed by atoms with Gasteiger partial charge in [0.1, 0.15) is 11.9 Å². The molecule has 2 unspecified atom stereocenters. The molecule has 0 amide bonds. The molecular weight excluding hydrogens is 237 g/mol. The van der Waals surface area contributed by atoms with Crippen molar-refractivity contribution in [3.05, 3.63) is 18.2 Å². The molecule has 2 heterocycles. The van der Waals surface area contributed by atoms with Gasteiger partial charge < -0.3 is 15.0 Å². The number of imidazole rings is 1. The molecule has 2 atom stereocenters. The van der Waals surface area contributed by atoms with E-state index in [9.17, 15) is 0 Å². The largest absolute Gasteiger partial charge is 0.370 e. The molecule has 0 radical (unpaired) electrons. The van der Waals surface area contributed by atoms with E-state index < -0.39 is 0 Å². The van der Waals surface area contributed by atoms with Crippen molar-refractivity contribution in [1.29, 1.82) is 0 Å². The Hall–Kier alpha value is -0.290. The summed E-state index contributed by atoms with van der Waals surface area (Å²) >= 11 is 0. The molecule has 1 aliphatic rings. The minimum Gasteiger partial charge on any atom is -0.370 e. The van der Waals surface area contributed by atoms with Crippen LogP contribution in [0.1, 0.15) is 18.3 Å². The van der Waals surface area contributed by atoms with E-state index in [0.29, 0.717) is 12.5 Å². The highest BCUT2D eigenvalue weighted by atomic mass is 35.5. The van der Waals surface area contributed by atoms with Crippen LogP contribution in [0.5, 0.6) is 0 Å². The van der Waals surface area contributed by atoms with Gasteiger partial charge in [0.15, 0.2) is 0 Å². The monoisotopic (exact) mass is 253 g/mol. The third-order valence-corrected chi connectivity index (χ3v) is 2.63. The maximum Gasteiger partial charge on any atom is 0.137 e. The molecular formula is C9H17Cl2N3O. The van der Waals surface area contributed by atoms with Gasteiger partial charge in [-0.25, -0.2) is 4.98 Å². The van der Waals surface area contributed by atoms with Crippen LogP contribution in [0.25, 0.3) is 0 Å². The van der Waals surface area contributed by atoms with E-state index in [1.165, 1.54) is 0 Å². The van der Waals surface area contributed by atoms with Crippen LogP contribution in [0.2, 0.25) is 0 Å². The first-order valence-corrected chi connectivity index (χ1v) is 4.62. The van der Waals surface area contributed by atoms with Gasteiger partial charge in [-0.1, -0.05) is 0 Å². The molecule has 0 bridgehead atoms. The quantitative estimate of drug-likeness (QED) is 0.865. The Morgan fingerprint density at radius 3 is 2.87 bits per heavy atom. The Labute approximate surface area is 102 Å². The number of nitrogens with two attached hydrogens (primary N) is 1. The lowest BCUT2D eigenvalue weighted by Gasteiger charge is -2.15. The molecule has 6 heteroatoms. The lowest BCUT2D eigenvalue weighted by Crippen LogP contribution is -2.20. The van der Waals surface area contributed by atoms with Gasteiger partial charge in [0.05, 0.1) is 0 Å². The van der Waals surface area contributed by atoms with Gasteiger partial charge in [0, 0.05) is 32.0 Å². The molecule has 0 aromatic carbocycles. The molecule has 0 spiro atoms. The summed E-state index contributed by atoms with van der Waals surface area (Å²) in [5, 5.41) is 0. The summed E-state index contributed by atoms with van der Waals surface area (Å²) in [7, 11) is 1.98. The van der Waals surface area contributed by atoms with Gasteiger partial charge in [-0.05, 0) is 13.0 Å². The van der Waals surface area contributed by atoms with E-state index in [1.807, 2.05) is 17.8 Å². The van der Waals surface area contributed by atoms with Gasteiger partial charge in [-0.2, -0.15) is 0 Å². The van der Waals surface area contributed by atoms with Crippen LogP contribution in [0, 0.1) is 5.92 Å². The summed E-state index contributed by atoms with van der Waals surface area (Å²) < 4.78 is 7.62. The zero-order chi connectivity index (χ0) is 9.26. The van der Waals surface area contributed by atoms with E-state index >= 15 is 0 Å². The Morgan fingerprint density at radius 2 is 2.33 bits per heavy atom. The molecule has 1 aliphatic heterocycles. The molecule has 1 aromatic heterocycles. The minimum absolute atomic E-state index is 0. The predicted octanol–water partition coefficient (Wildman–Crippen LogP) is 1.30. The molecule has 0 saturated carbocycles. The van der Waals surface area contributed by atoms with E-state index in [-0.39, 0.29) is 30.9 Å². The van der Waals surface area contributed by atoms with Crippen molar-refractivity contribution < 1.29 is 4.74 Å². The van der Waals surface area contributed by atoms with Gasteiger partial charge in [0.25, 0.3) is 0 Å². The zero-order valence-electron chi connectivity index (χ0n) is 8.63. The smallest absolute Gasteiger partial charge is 0.137 e. The van der Waals surface area contributed by atoms with Crippen LogP contribution < -0.4 is 5.73 Å². The SMILES string of the molecule is Cl.Cl.Cn1ccnc1C1OCCC1CN. The molecule has 4 nitrogen and oxygen atoms in total. The van der Waals surface area contributed by atoms with Gasteiger partial charge >= 0.3 is 0 Å². The Morgan fingerprint density at radius 1 is 1.60 bits per heavy atom. The second-order valence-electron chi connectivity index (χ2n) is 3.47. The van der Waals surface area contributed by atoms with Crippen LogP contribution in [0.15, 0.2) is 12.4 Å². The fraction of sp³-hybridized carbons (Fsp3) is 0.667. The molecule has 0 aliphatic carbocycles. The Bertz CT molecular complexity index is 293. The summed E-state index contributed by atoms with van der Waals surface area (Å²) in [6.07, 6.45) is 4.88. The van der Waals surface area contributed by atoms with Crippen molar-refractivity contribution in [3.8, 4) is 0 Å². The molecule has 1 saturated heterocycles. The topological polar surface area (TPSA) is 53.1 Å². The maximum absolute atomic E-state index is 5.66. The fourth-order valence-corrected chi connectivity index (χ4v) is 1.81. The minimum atomic E-state index is 0. The summed E-state index contributed by atoms with van der Waals surface area (Å²) in [5.41, 5.74) is 5.66. The summed E-state index contributed by atoms with van der Waals surface area (Å²) in [6, 6.07) is 0. The van der Waals surface area contributed by atoms with E-state index in [2.05, 4.69) is 4.98 Å². The number of halogens is 2. The molecule has 15 heavy (non-hydrogen) atoms. The standard InChI is InChI=1S/C9H15N3O.2ClH/c1-12-4-3-11-9(12)8-7(6-10)2-5-13-8;;/h3-4,7-8H,2,5-6,10H2,1H3;2*1H. The molecule has 2 rings (SSSR count). The highest BCUT2D eigenvalue weighted by Crippen LogP contribution is 2.32. The normalized spacial score (nSPS) is 24.4. The first-order chi connectivity index (χ1) is 6.33. The Balaban J connectivity index is 0.000000980. The molecule has 88 valence electrons. The van der Waals surface area contributed by atoms with Crippen LogP contribution in [0.4, 0.5) is 0 Å². The van der Waals surface area contributed by atoms with Crippen LogP contribution in [0.3, 0.4) is 0 Å². The number of nitrogens with zero attached hydrogens (tertiary/aromatic N) is 2. The number of aryl methyl sites for hydroxylation is 1. The molecule has 2 N–H and O–H groups in total. The molecule has 1 aromatic rings. The highest BCUT2D eigenvalue weighted by Gasteiger charge is 2.30. The predicted molar refractivity (Wildman–Crippen MR) is 63.6 cm³/mol. The summed E-state index contributed by atoms with van der Waals surface area (Å²) in [4.78, 5) is 4.28. The van der Waals surface area contributed by atoms with Gasteiger partial charge in [-0.15, -0.1) is 24.8 Å². The zero-order valence-corrected chi connectivity index (χ0v) is 10.3. The van der Waals surface area contributed by atoms with E-state index in [0.717, 1.165) is 18.9 Å². The Kier molecular flexibility index (Phi) is 6.20. The van der Waals surface area contributed by atoms with Crippen molar-refractivity contribution in [2.75, 3.05) is 13.2 Å². The van der Waals surface area contributed by atoms with Crippen LogP contribution in [-0.4, -0.2) is 22.7 Å². The number of ether oxygens (including phenoxy) is 1. The van der Waals surface area contributed by atoms with Crippen LogP contribution >= 0.6 is 24.8 Å².